The molecule has 146 valence electrons. The lowest BCUT2D eigenvalue weighted by Crippen LogP contribution is -1.97. The average Bonchev–Trinajstić information content (AvgIpc) is 3.33. The van der Waals surface area contributed by atoms with Gasteiger partial charge in [0.05, 0.1) is 25.6 Å². The van der Waals surface area contributed by atoms with E-state index in [9.17, 15) is 4.79 Å². The molecule has 0 saturated heterocycles. The van der Waals surface area contributed by atoms with Crippen molar-refractivity contribution in [1.29, 1.82) is 0 Å². The highest BCUT2D eigenvalue weighted by atomic mass is 35.5. The van der Waals surface area contributed by atoms with Crippen LogP contribution in [-0.2, 0) is 0 Å². The Kier molecular flexibility index (Phi) is 5.38. The van der Waals surface area contributed by atoms with Gasteiger partial charge in [0.15, 0.2) is 22.2 Å². The van der Waals surface area contributed by atoms with E-state index < -0.39 is 0 Å². The maximum absolute atomic E-state index is 12.7. The van der Waals surface area contributed by atoms with Crippen molar-refractivity contribution in [3.8, 4) is 22.8 Å². The van der Waals surface area contributed by atoms with Crippen LogP contribution in [0.1, 0.15) is 16.1 Å². The zero-order chi connectivity index (χ0) is 20.4. The Morgan fingerprint density at radius 2 is 1.86 bits per heavy atom. The molecular formula is C22H17ClN2O3S. The van der Waals surface area contributed by atoms with Crippen molar-refractivity contribution in [2.24, 2.45) is 0 Å². The van der Waals surface area contributed by atoms with Crippen LogP contribution in [0.3, 0.4) is 0 Å². The molecule has 0 aliphatic heterocycles. The third kappa shape index (κ3) is 3.77. The fraction of sp³-hybridized carbons (Fsp3) is 0.0909. The molecule has 2 heterocycles. The molecule has 29 heavy (non-hydrogen) atoms. The number of hydrogen-bond acceptors (Lipinski definition) is 5. The van der Waals surface area contributed by atoms with Gasteiger partial charge in [-0.1, -0.05) is 23.7 Å². The van der Waals surface area contributed by atoms with Crippen LogP contribution in [0, 0.1) is 0 Å². The number of aromatic nitrogens is 2. The molecule has 5 nitrogen and oxygen atoms in total. The first-order chi connectivity index (χ1) is 14.1. The molecule has 2 aromatic heterocycles. The predicted octanol–water partition coefficient (Wildman–Crippen LogP) is 5.63. The minimum absolute atomic E-state index is 0.141. The van der Waals surface area contributed by atoms with E-state index in [1.807, 2.05) is 40.2 Å². The van der Waals surface area contributed by atoms with Crippen LogP contribution >= 0.6 is 22.9 Å². The van der Waals surface area contributed by atoms with Gasteiger partial charge in [-0.25, -0.2) is 4.98 Å². The number of rotatable bonds is 6. The number of fused-ring (bicyclic) bond motifs is 1. The first-order valence-electron chi connectivity index (χ1n) is 8.76. The van der Waals surface area contributed by atoms with E-state index in [0.29, 0.717) is 22.1 Å². The monoisotopic (exact) mass is 424 g/mol. The van der Waals surface area contributed by atoms with E-state index in [1.54, 1.807) is 44.6 Å². The van der Waals surface area contributed by atoms with Gasteiger partial charge in [0.2, 0.25) is 0 Å². The number of ether oxygens (including phenoxy) is 2. The van der Waals surface area contributed by atoms with Gasteiger partial charge in [-0.05, 0) is 42.5 Å². The van der Waals surface area contributed by atoms with Crippen LogP contribution < -0.4 is 9.47 Å². The summed E-state index contributed by atoms with van der Waals surface area (Å²) in [5.74, 6) is 0.949. The number of halogens is 1. The summed E-state index contributed by atoms with van der Waals surface area (Å²) in [5.41, 5.74) is 3.07. The molecule has 0 atom stereocenters. The number of imidazole rings is 1. The van der Waals surface area contributed by atoms with Crippen molar-refractivity contribution in [2.45, 2.75) is 0 Å². The number of methoxy groups -OCH3 is 2. The molecule has 0 unspecified atom stereocenters. The standard InChI is InChI=1S/C22H17ClN2O3S/c1-27-19-10-5-15(13-20(19)28-2)18(26)9-8-17-21(14-3-6-16(23)7-4-14)24-22-25(17)11-12-29-22/h3-13H,1-2H3. The largest absolute Gasteiger partial charge is 0.493 e. The zero-order valence-corrected chi connectivity index (χ0v) is 17.3. The van der Waals surface area contributed by atoms with Crippen molar-refractivity contribution in [3.05, 3.63) is 76.4 Å². The minimum atomic E-state index is -0.141. The van der Waals surface area contributed by atoms with Crippen molar-refractivity contribution in [2.75, 3.05) is 14.2 Å². The van der Waals surface area contributed by atoms with E-state index in [2.05, 4.69) is 0 Å². The molecule has 0 aliphatic carbocycles. The number of carbonyl (C=O) groups excluding carboxylic acids is 1. The molecule has 0 saturated carbocycles. The smallest absolute Gasteiger partial charge is 0.194 e. The number of carbonyl (C=O) groups is 1. The summed E-state index contributed by atoms with van der Waals surface area (Å²) >= 11 is 7.55. The molecule has 0 aliphatic rings. The van der Waals surface area contributed by atoms with E-state index in [0.717, 1.165) is 21.9 Å². The second-order valence-corrected chi connectivity index (χ2v) is 7.48. The Bertz CT molecular complexity index is 1210. The number of ketones is 1. The minimum Gasteiger partial charge on any atom is -0.493 e. The molecule has 4 rings (SSSR count). The summed E-state index contributed by atoms with van der Waals surface area (Å²) in [4.78, 5) is 18.3. The fourth-order valence-electron chi connectivity index (χ4n) is 3.02. The number of hydrogen-bond donors (Lipinski definition) is 0. The summed E-state index contributed by atoms with van der Waals surface area (Å²) in [7, 11) is 3.10. The molecule has 0 fully saturated rings. The van der Waals surface area contributed by atoms with E-state index in [-0.39, 0.29) is 5.78 Å². The van der Waals surface area contributed by atoms with Crippen molar-refractivity contribution in [3.63, 3.8) is 0 Å². The molecule has 4 aromatic rings. The number of benzene rings is 2. The molecule has 0 radical (unpaired) electrons. The van der Waals surface area contributed by atoms with Crippen LogP contribution in [0.15, 0.2) is 60.1 Å². The Morgan fingerprint density at radius 1 is 1.10 bits per heavy atom. The lowest BCUT2D eigenvalue weighted by Gasteiger charge is -2.08. The Labute approximate surface area is 176 Å². The normalized spacial score (nSPS) is 11.3. The number of nitrogens with zero attached hydrogens (tertiary/aromatic N) is 2. The van der Waals surface area contributed by atoms with Crippen molar-refractivity contribution >= 4 is 39.8 Å². The van der Waals surface area contributed by atoms with Crippen LogP contribution in [0.5, 0.6) is 11.5 Å². The quantitative estimate of drug-likeness (QED) is 0.297. The molecule has 0 bridgehead atoms. The SMILES string of the molecule is COc1ccc(C(=O)C=Cc2c(-c3ccc(Cl)cc3)nc3sccn23)cc1OC. The highest BCUT2D eigenvalue weighted by Crippen LogP contribution is 2.30. The van der Waals surface area contributed by atoms with Gasteiger partial charge in [-0.15, -0.1) is 11.3 Å². The van der Waals surface area contributed by atoms with Gasteiger partial charge >= 0.3 is 0 Å². The maximum Gasteiger partial charge on any atom is 0.194 e. The zero-order valence-electron chi connectivity index (χ0n) is 15.8. The van der Waals surface area contributed by atoms with Crippen molar-refractivity contribution < 1.29 is 14.3 Å². The average molecular weight is 425 g/mol. The van der Waals surface area contributed by atoms with E-state index in [1.165, 1.54) is 11.3 Å². The van der Waals surface area contributed by atoms with Crippen LogP contribution in [0.25, 0.3) is 22.3 Å². The Balaban J connectivity index is 1.71. The Morgan fingerprint density at radius 3 is 2.59 bits per heavy atom. The van der Waals surface area contributed by atoms with Gasteiger partial charge in [0, 0.05) is 27.7 Å². The first kappa shape index (κ1) is 19.2. The lowest BCUT2D eigenvalue weighted by atomic mass is 10.1. The summed E-state index contributed by atoms with van der Waals surface area (Å²) < 4.78 is 12.5. The molecular weight excluding hydrogens is 408 g/mol. The first-order valence-corrected chi connectivity index (χ1v) is 10.0. The van der Waals surface area contributed by atoms with Crippen molar-refractivity contribution in [1.82, 2.24) is 9.38 Å². The van der Waals surface area contributed by atoms with Gasteiger partial charge in [-0.3, -0.25) is 9.20 Å². The Hall–Kier alpha value is -3.09. The maximum atomic E-state index is 12.7. The fourth-order valence-corrected chi connectivity index (χ4v) is 3.87. The van der Waals surface area contributed by atoms with Crippen LogP contribution in [0.2, 0.25) is 5.02 Å². The van der Waals surface area contributed by atoms with Gasteiger partial charge in [-0.2, -0.15) is 0 Å². The summed E-state index contributed by atoms with van der Waals surface area (Å²) in [5, 5.41) is 2.62. The second kappa shape index (κ2) is 8.11. The highest BCUT2D eigenvalue weighted by molar-refractivity contribution is 7.15. The third-order valence-electron chi connectivity index (χ3n) is 4.48. The third-order valence-corrected chi connectivity index (χ3v) is 5.49. The van der Waals surface area contributed by atoms with E-state index >= 15 is 0 Å². The number of allylic oxidation sites excluding steroid dienone is 1. The molecule has 0 N–H and O–H groups in total. The summed E-state index contributed by atoms with van der Waals surface area (Å²) in [6.07, 6.45) is 5.27. The molecule has 7 heteroatoms. The lowest BCUT2D eigenvalue weighted by molar-refractivity contribution is 0.104. The predicted molar refractivity (Wildman–Crippen MR) is 116 cm³/mol. The van der Waals surface area contributed by atoms with Gasteiger partial charge in [0.25, 0.3) is 0 Å². The van der Waals surface area contributed by atoms with Crippen LogP contribution in [0.4, 0.5) is 0 Å². The molecule has 0 amide bonds. The van der Waals surface area contributed by atoms with Gasteiger partial charge < -0.3 is 9.47 Å². The number of thiazole rings is 1. The topological polar surface area (TPSA) is 52.8 Å². The van der Waals surface area contributed by atoms with Gasteiger partial charge in [0.1, 0.15) is 0 Å². The second-order valence-electron chi connectivity index (χ2n) is 6.18. The molecule has 0 spiro atoms. The molecule has 2 aromatic carbocycles. The summed E-state index contributed by atoms with van der Waals surface area (Å²) in [6.45, 7) is 0. The van der Waals surface area contributed by atoms with Crippen LogP contribution in [-0.4, -0.2) is 29.4 Å². The summed E-state index contributed by atoms with van der Waals surface area (Å²) in [6, 6.07) is 12.6. The highest BCUT2D eigenvalue weighted by Gasteiger charge is 2.14. The van der Waals surface area contributed by atoms with E-state index in [4.69, 9.17) is 26.1 Å².